The standard InChI is InChI=1S/C20H21N3/c1-14-5-3-4-6-17(14)16-11-15(2)23(13-16)20-8-10-22-19-12-21-9-7-18(19)20/h3-10,12,15-16H,11,13H2,1-2H3. The lowest BCUT2D eigenvalue weighted by molar-refractivity contribution is 0.697. The second-order valence-electron chi connectivity index (χ2n) is 6.51. The summed E-state index contributed by atoms with van der Waals surface area (Å²) in [5.41, 5.74) is 5.13. The molecule has 2 unspecified atom stereocenters. The van der Waals surface area contributed by atoms with Crippen LogP contribution in [0.2, 0.25) is 0 Å². The Bertz CT molecular complexity index is 838. The molecule has 1 saturated heterocycles. The minimum Gasteiger partial charge on any atom is -0.368 e. The molecule has 3 aromatic rings. The SMILES string of the molecule is Cc1ccccc1C1CC(C)N(c2ccnc3cnccc23)C1. The van der Waals surface area contributed by atoms with Crippen LogP contribution in [0.5, 0.6) is 0 Å². The second-order valence-corrected chi connectivity index (χ2v) is 6.51. The van der Waals surface area contributed by atoms with E-state index < -0.39 is 0 Å². The quantitative estimate of drug-likeness (QED) is 0.706. The number of pyridine rings is 2. The monoisotopic (exact) mass is 303 g/mol. The van der Waals surface area contributed by atoms with E-state index in [2.05, 4.69) is 65.1 Å². The van der Waals surface area contributed by atoms with Crippen LogP contribution in [0, 0.1) is 6.92 Å². The van der Waals surface area contributed by atoms with Gasteiger partial charge in [-0.05, 0) is 43.5 Å². The van der Waals surface area contributed by atoms with E-state index in [0.717, 1.165) is 12.1 Å². The van der Waals surface area contributed by atoms with E-state index in [9.17, 15) is 0 Å². The fourth-order valence-electron chi connectivity index (χ4n) is 3.87. The maximum absolute atomic E-state index is 4.44. The molecule has 2 atom stereocenters. The number of anilines is 1. The smallest absolute Gasteiger partial charge is 0.0905 e. The van der Waals surface area contributed by atoms with E-state index in [1.807, 2.05) is 18.6 Å². The predicted octanol–water partition coefficient (Wildman–Crippen LogP) is 4.32. The Morgan fingerprint density at radius 1 is 1.09 bits per heavy atom. The van der Waals surface area contributed by atoms with E-state index in [4.69, 9.17) is 0 Å². The van der Waals surface area contributed by atoms with E-state index >= 15 is 0 Å². The molecule has 1 aliphatic heterocycles. The summed E-state index contributed by atoms with van der Waals surface area (Å²) in [4.78, 5) is 11.2. The normalized spacial score (nSPS) is 21.0. The zero-order chi connectivity index (χ0) is 15.8. The molecular formula is C20H21N3. The van der Waals surface area contributed by atoms with Crippen LogP contribution >= 0.6 is 0 Å². The molecule has 0 radical (unpaired) electrons. The minimum atomic E-state index is 0.526. The third-order valence-electron chi connectivity index (χ3n) is 5.03. The summed E-state index contributed by atoms with van der Waals surface area (Å²) in [6, 6.07) is 13.5. The van der Waals surface area contributed by atoms with Crippen molar-refractivity contribution in [2.45, 2.75) is 32.2 Å². The van der Waals surface area contributed by atoms with Crippen molar-refractivity contribution in [3.63, 3.8) is 0 Å². The third kappa shape index (κ3) is 2.46. The third-order valence-corrected chi connectivity index (χ3v) is 5.03. The van der Waals surface area contributed by atoms with Crippen molar-refractivity contribution in [2.75, 3.05) is 11.4 Å². The van der Waals surface area contributed by atoms with Crippen LogP contribution in [0.3, 0.4) is 0 Å². The number of fused-ring (bicyclic) bond motifs is 1. The molecular weight excluding hydrogens is 282 g/mol. The van der Waals surface area contributed by atoms with Gasteiger partial charge in [0.15, 0.2) is 0 Å². The van der Waals surface area contributed by atoms with Gasteiger partial charge in [-0.25, -0.2) is 0 Å². The first-order chi connectivity index (χ1) is 11.2. The zero-order valence-electron chi connectivity index (χ0n) is 13.6. The summed E-state index contributed by atoms with van der Waals surface area (Å²) in [6.07, 6.45) is 6.79. The van der Waals surface area contributed by atoms with E-state index in [1.165, 1.54) is 28.6 Å². The van der Waals surface area contributed by atoms with Gasteiger partial charge in [0.2, 0.25) is 0 Å². The lowest BCUT2D eigenvalue weighted by Crippen LogP contribution is -2.26. The van der Waals surface area contributed by atoms with Gasteiger partial charge in [-0.1, -0.05) is 24.3 Å². The largest absolute Gasteiger partial charge is 0.368 e. The van der Waals surface area contributed by atoms with Crippen molar-refractivity contribution in [2.24, 2.45) is 0 Å². The Labute approximate surface area is 137 Å². The Kier molecular flexibility index (Phi) is 3.49. The molecule has 1 fully saturated rings. The van der Waals surface area contributed by atoms with Gasteiger partial charge in [0.1, 0.15) is 0 Å². The molecule has 3 heterocycles. The van der Waals surface area contributed by atoms with Crippen molar-refractivity contribution in [1.29, 1.82) is 0 Å². The summed E-state index contributed by atoms with van der Waals surface area (Å²) in [6.45, 7) is 5.61. The minimum absolute atomic E-state index is 0.526. The number of aryl methyl sites for hydroxylation is 1. The molecule has 0 amide bonds. The molecule has 0 spiro atoms. The summed E-state index contributed by atoms with van der Waals surface area (Å²) < 4.78 is 0. The van der Waals surface area contributed by atoms with Crippen LogP contribution in [0.4, 0.5) is 5.69 Å². The Morgan fingerprint density at radius 2 is 1.96 bits per heavy atom. The molecule has 1 aliphatic rings. The van der Waals surface area contributed by atoms with Crippen LogP contribution in [0.15, 0.2) is 55.0 Å². The van der Waals surface area contributed by atoms with Gasteiger partial charge in [0, 0.05) is 42.0 Å². The van der Waals surface area contributed by atoms with Gasteiger partial charge in [0.05, 0.1) is 11.7 Å². The highest BCUT2D eigenvalue weighted by Gasteiger charge is 2.31. The molecule has 116 valence electrons. The van der Waals surface area contributed by atoms with Crippen molar-refractivity contribution in [3.8, 4) is 0 Å². The van der Waals surface area contributed by atoms with E-state index in [0.29, 0.717) is 12.0 Å². The fraction of sp³-hybridized carbons (Fsp3) is 0.300. The topological polar surface area (TPSA) is 29.0 Å². The molecule has 23 heavy (non-hydrogen) atoms. The number of nitrogens with zero attached hydrogens (tertiary/aromatic N) is 3. The number of benzene rings is 1. The zero-order valence-corrected chi connectivity index (χ0v) is 13.6. The Morgan fingerprint density at radius 3 is 2.83 bits per heavy atom. The molecule has 0 bridgehead atoms. The predicted molar refractivity (Wildman–Crippen MR) is 94.9 cm³/mol. The summed E-state index contributed by atoms with van der Waals surface area (Å²) in [7, 11) is 0. The molecule has 0 saturated carbocycles. The lowest BCUT2D eigenvalue weighted by atomic mass is 9.93. The van der Waals surface area contributed by atoms with Crippen molar-refractivity contribution < 1.29 is 0 Å². The number of hydrogen-bond donors (Lipinski definition) is 0. The van der Waals surface area contributed by atoms with Gasteiger partial charge in [-0.3, -0.25) is 9.97 Å². The Hall–Kier alpha value is -2.42. The molecule has 3 nitrogen and oxygen atoms in total. The summed E-state index contributed by atoms with van der Waals surface area (Å²) in [5.74, 6) is 0.594. The fourth-order valence-corrected chi connectivity index (χ4v) is 3.87. The molecule has 0 N–H and O–H groups in total. The summed E-state index contributed by atoms with van der Waals surface area (Å²) in [5, 5.41) is 1.19. The first-order valence-electron chi connectivity index (χ1n) is 8.25. The highest BCUT2D eigenvalue weighted by Crippen LogP contribution is 2.38. The second kappa shape index (κ2) is 5.65. The number of rotatable bonds is 2. The van der Waals surface area contributed by atoms with E-state index in [-0.39, 0.29) is 0 Å². The van der Waals surface area contributed by atoms with Crippen LogP contribution < -0.4 is 4.90 Å². The molecule has 2 aromatic heterocycles. The first kappa shape index (κ1) is 14.2. The van der Waals surface area contributed by atoms with Gasteiger partial charge in [0.25, 0.3) is 0 Å². The van der Waals surface area contributed by atoms with Crippen LogP contribution in [0.25, 0.3) is 10.9 Å². The average Bonchev–Trinajstić information content (AvgIpc) is 2.96. The number of aromatic nitrogens is 2. The van der Waals surface area contributed by atoms with Gasteiger partial charge in [-0.15, -0.1) is 0 Å². The summed E-state index contributed by atoms with van der Waals surface area (Å²) >= 11 is 0. The maximum Gasteiger partial charge on any atom is 0.0905 e. The van der Waals surface area contributed by atoms with Gasteiger partial charge < -0.3 is 4.90 Å². The lowest BCUT2D eigenvalue weighted by Gasteiger charge is -2.25. The first-order valence-corrected chi connectivity index (χ1v) is 8.25. The molecule has 3 heteroatoms. The highest BCUT2D eigenvalue weighted by atomic mass is 15.2. The van der Waals surface area contributed by atoms with Gasteiger partial charge >= 0.3 is 0 Å². The van der Waals surface area contributed by atoms with Crippen molar-refractivity contribution in [1.82, 2.24) is 9.97 Å². The molecule has 0 aliphatic carbocycles. The molecule has 1 aromatic carbocycles. The Balaban J connectivity index is 1.71. The highest BCUT2D eigenvalue weighted by molar-refractivity contribution is 5.91. The maximum atomic E-state index is 4.44. The van der Waals surface area contributed by atoms with Crippen molar-refractivity contribution >= 4 is 16.6 Å². The van der Waals surface area contributed by atoms with Gasteiger partial charge in [-0.2, -0.15) is 0 Å². The van der Waals surface area contributed by atoms with Crippen LogP contribution in [0.1, 0.15) is 30.4 Å². The van der Waals surface area contributed by atoms with E-state index in [1.54, 1.807) is 0 Å². The van der Waals surface area contributed by atoms with Crippen molar-refractivity contribution in [3.05, 3.63) is 66.1 Å². The number of hydrogen-bond acceptors (Lipinski definition) is 3. The van der Waals surface area contributed by atoms with Crippen LogP contribution in [-0.4, -0.2) is 22.6 Å². The average molecular weight is 303 g/mol. The van der Waals surface area contributed by atoms with Crippen LogP contribution in [-0.2, 0) is 0 Å². The molecule has 4 rings (SSSR count).